The van der Waals surface area contributed by atoms with Gasteiger partial charge in [0.1, 0.15) is 12.4 Å². The van der Waals surface area contributed by atoms with Crippen LogP contribution >= 0.6 is 11.6 Å². The summed E-state index contributed by atoms with van der Waals surface area (Å²) < 4.78 is 5.44. The van der Waals surface area contributed by atoms with Crippen LogP contribution in [0, 0.1) is 11.3 Å². The van der Waals surface area contributed by atoms with Gasteiger partial charge in [-0.3, -0.25) is 9.69 Å². The first-order valence-electron chi connectivity index (χ1n) is 11.3. The highest BCUT2D eigenvalue weighted by molar-refractivity contribution is 6.30. The number of amides is 1. The number of carbonyl (C=O) groups is 1. The molecule has 1 fully saturated rings. The second-order valence-corrected chi connectivity index (χ2v) is 8.78. The van der Waals surface area contributed by atoms with Gasteiger partial charge in [-0.1, -0.05) is 35.9 Å². The molecule has 0 aromatic heterocycles. The zero-order valence-electron chi connectivity index (χ0n) is 19.0. The van der Waals surface area contributed by atoms with Gasteiger partial charge in [-0.15, -0.1) is 0 Å². The molecule has 2 N–H and O–H groups in total. The van der Waals surface area contributed by atoms with E-state index in [0.717, 1.165) is 11.3 Å². The number of nitriles is 1. The number of piperazine rings is 1. The quantitative estimate of drug-likeness (QED) is 0.498. The lowest BCUT2D eigenvalue weighted by Gasteiger charge is -2.42. The average Bonchev–Trinajstić information content (AvgIpc) is 2.88. The Balaban J connectivity index is 1.57. The van der Waals surface area contributed by atoms with E-state index in [1.807, 2.05) is 29.2 Å². The lowest BCUT2D eigenvalue weighted by atomic mass is 9.99. The average molecular weight is 492 g/mol. The zero-order chi connectivity index (χ0) is 24.8. The molecule has 1 aliphatic rings. The number of carbonyl (C=O) groups excluding carboxylic acids is 1. The number of anilines is 1. The molecule has 4 rings (SSSR count). The fourth-order valence-electron chi connectivity index (χ4n) is 4.23. The van der Waals surface area contributed by atoms with Crippen LogP contribution in [0.15, 0.2) is 72.8 Å². The summed E-state index contributed by atoms with van der Waals surface area (Å²) in [4.78, 5) is 17.1. The highest BCUT2D eigenvalue weighted by atomic mass is 35.5. The summed E-state index contributed by atoms with van der Waals surface area (Å²) in [7, 11) is 0. The highest BCUT2D eigenvalue weighted by Gasteiger charge is 2.35. The van der Waals surface area contributed by atoms with E-state index >= 15 is 0 Å². The molecule has 3 aromatic rings. The molecule has 180 valence electrons. The van der Waals surface area contributed by atoms with Crippen LogP contribution in [-0.4, -0.2) is 53.9 Å². The zero-order valence-corrected chi connectivity index (χ0v) is 19.8. The Hall–Kier alpha value is -3.41. The summed E-state index contributed by atoms with van der Waals surface area (Å²) in [6.07, 6.45) is -0.795. The van der Waals surface area contributed by atoms with Crippen LogP contribution in [0.3, 0.4) is 0 Å². The molecule has 7 nitrogen and oxygen atoms in total. The van der Waals surface area contributed by atoms with E-state index in [9.17, 15) is 9.90 Å². The largest absolute Gasteiger partial charge is 0.491 e. The Morgan fingerprint density at radius 3 is 2.37 bits per heavy atom. The van der Waals surface area contributed by atoms with E-state index in [2.05, 4.69) is 6.07 Å². The van der Waals surface area contributed by atoms with Gasteiger partial charge in [0.25, 0.3) is 0 Å². The van der Waals surface area contributed by atoms with Crippen LogP contribution in [0.1, 0.15) is 28.8 Å². The van der Waals surface area contributed by atoms with Crippen LogP contribution in [0.25, 0.3) is 0 Å². The highest BCUT2D eigenvalue weighted by Crippen LogP contribution is 2.33. The molecule has 1 aliphatic heterocycles. The minimum absolute atomic E-state index is 0.0742. The van der Waals surface area contributed by atoms with Crippen molar-refractivity contribution in [2.75, 3.05) is 37.7 Å². The first-order chi connectivity index (χ1) is 17.0. The second-order valence-electron chi connectivity index (χ2n) is 8.34. The number of rotatable bonds is 8. The molecule has 0 saturated carbocycles. The number of β-amino-alcohol motifs (C(OH)–C–C–N with tert-alkyl or cyclic N) is 1. The molecule has 1 heterocycles. The summed E-state index contributed by atoms with van der Waals surface area (Å²) >= 11 is 6.10. The SMILES string of the molecule is N#Cc1ccc([C@H](O)CN2CC(=O)N(c3ccc(OCCO)cc3)C(c3ccc(Cl)cc3)C2)cc1. The van der Waals surface area contributed by atoms with E-state index in [1.54, 1.807) is 53.4 Å². The molecule has 0 spiro atoms. The number of aliphatic hydroxyl groups excluding tert-OH is 2. The van der Waals surface area contributed by atoms with Crippen molar-refractivity contribution in [3.8, 4) is 11.8 Å². The molecule has 35 heavy (non-hydrogen) atoms. The topological polar surface area (TPSA) is 97.0 Å². The van der Waals surface area contributed by atoms with Crippen molar-refractivity contribution in [1.82, 2.24) is 4.90 Å². The van der Waals surface area contributed by atoms with Crippen LogP contribution < -0.4 is 9.64 Å². The second kappa shape index (κ2) is 11.3. The number of aliphatic hydroxyl groups is 2. The van der Waals surface area contributed by atoms with Crippen molar-refractivity contribution < 1.29 is 19.7 Å². The first-order valence-corrected chi connectivity index (χ1v) is 11.7. The lowest BCUT2D eigenvalue weighted by Crippen LogP contribution is -2.53. The van der Waals surface area contributed by atoms with Crippen LogP contribution in [-0.2, 0) is 4.79 Å². The van der Waals surface area contributed by atoms with Crippen LogP contribution in [0.5, 0.6) is 5.75 Å². The molecular formula is C27H26ClN3O4. The van der Waals surface area contributed by atoms with Gasteiger partial charge < -0.3 is 19.8 Å². The molecule has 0 radical (unpaired) electrons. The molecule has 1 amide bonds. The summed E-state index contributed by atoms with van der Waals surface area (Å²) in [6, 6.07) is 23.2. The van der Waals surface area contributed by atoms with Crippen molar-refractivity contribution >= 4 is 23.2 Å². The van der Waals surface area contributed by atoms with E-state index < -0.39 is 6.10 Å². The Kier molecular flexibility index (Phi) is 8.01. The number of hydrogen-bond acceptors (Lipinski definition) is 6. The summed E-state index contributed by atoms with van der Waals surface area (Å²) in [5.41, 5.74) is 2.89. The molecule has 3 aromatic carbocycles. The van der Waals surface area contributed by atoms with Gasteiger partial charge in [-0.05, 0) is 59.7 Å². The fraction of sp³-hybridized carbons (Fsp3) is 0.259. The molecule has 1 unspecified atom stereocenters. The van der Waals surface area contributed by atoms with Crippen LogP contribution in [0.4, 0.5) is 5.69 Å². The van der Waals surface area contributed by atoms with Crippen molar-refractivity contribution in [1.29, 1.82) is 5.26 Å². The minimum atomic E-state index is -0.795. The molecule has 1 saturated heterocycles. The standard InChI is InChI=1S/C27H26ClN3O4/c28-22-7-5-20(6-8-22)25-16-30(17-26(33)21-3-1-19(15-29)2-4-21)18-27(34)31(25)23-9-11-24(12-10-23)35-14-13-32/h1-12,25-26,32-33H,13-14,16-18H2/t25?,26-/m1/s1. The lowest BCUT2D eigenvalue weighted by molar-refractivity contribution is -0.122. The molecule has 2 atom stereocenters. The van der Waals surface area contributed by atoms with Crippen molar-refractivity contribution in [2.45, 2.75) is 12.1 Å². The molecule has 0 bridgehead atoms. The molecule has 8 heteroatoms. The van der Waals surface area contributed by atoms with Crippen molar-refractivity contribution in [3.63, 3.8) is 0 Å². The van der Waals surface area contributed by atoms with Gasteiger partial charge in [0, 0.05) is 23.8 Å². The third kappa shape index (κ3) is 5.99. The van der Waals surface area contributed by atoms with Gasteiger partial charge in [-0.25, -0.2) is 0 Å². The van der Waals surface area contributed by atoms with Gasteiger partial charge >= 0.3 is 0 Å². The maximum Gasteiger partial charge on any atom is 0.241 e. The van der Waals surface area contributed by atoms with Gasteiger partial charge in [0.2, 0.25) is 5.91 Å². The summed E-state index contributed by atoms with van der Waals surface area (Å²) in [5.74, 6) is 0.523. The van der Waals surface area contributed by atoms with Crippen LogP contribution in [0.2, 0.25) is 5.02 Å². The van der Waals surface area contributed by atoms with Gasteiger partial charge in [-0.2, -0.15) is 5.26 Å². The first kappa shape index (κ1) is 24.7. The van der Waals surface area contributed by atoms with E-state index in [-0.39, 0.29) is 38.3 Å². The van der Waals surface area contributed by atoms with Crippen molar-refractivity contribution in [2.24, 2.45) is 0 Å². The van der Waals surface area contributed by atoms with Gasteiger partial charge in [0.15, 0.2) is 0 Å². The normalized spacial score (nSPS) is 17.1. The number of nitrogens with zero attached hydrogens (tertiary/aromatic N) is 3. The number of hydrogen-bond donors (Lipinski definition) is 2. The smallest absolute Gasteiger partial charge is 0.241 e. The van der Waals surface area contributed by atoms with E-state index in [4.69, 9.17) is 26.7 Å². The Bertz CT molecular complexity index is 1180. The molecular weight excluding hydrogens is 466 g/mol. The number of halogens is 1. The predicted octanol–water partition coefficient (Wildman–Crippen LogP) is 3.71. The predicted molar refractivity (Wildman–Crippen MR) is 133 cm³/mol. The van der Waals surface area contributed by atoms with E-state index in [1.165, 1.54) is 0 Å². The van der Waals surface area contributed by atoms with E-state index in [0.29, 0.717) is 28.4 Å². The summed E-state index contributed by atoms with van der Waals surface area (Å²) in [5, 5.41) is 29.4. The third-order valence-corrected chi connectivity index (χ3v) is 6.21. The third-order valence-electron chi connectivity index (χ3n) is 5.96. The van der Waals surface area contributed by atoms with Crippen molar-refractivity contribution in [3.05, 3.63) is 94.5 Å². The maximum atomic E-state index is 13.4. The number of ether oxygens (including phenoxy) is 1. The maximum absolute atomic E-state index is 13.4. The Morgan fingerprint density at radius 1 is 1.06 bits per heavy atom. The summed E-state index contributed by atoms with van der Waals surface area (Å²) in [6.45, 7) is 1.08. The minimum Gasteiger partial charge on any atom is -0.491 e. The monoisotopic (exact) mass is 491 g/mol. The van der Waals surface area contributed by atoms with Gasteiger partial charge in [0.05, 0.1) is 36.9 Å². The Morgan fingerprint density at radius 2 is 1.74 bits per heavy atom. The fourth-order valence-corrected chi connectivity index (χ4v) is 4.36. The molecule has 0 aliphatic carbocycles. The number of benzene rings is 3. The Labute approximate surface area is 209 Å².